The Balaban J connectivity index is 1.72. The van der Waals surface area contributed by atoms with Gasteiger partial charge in [-0.05, 0) is 36.4 Å². The summed E-state index contributed by atoms with van der Waals surface area (Å²) in [7, 11) is 1.55. The number of ether oxygens (including phenoxy) is 1. The van der Waals surface area contributed by atoms with Crippen LogP contribution in [-0.2, 0) is 4.79 Å². The Morgan fingerprint density at radius 1 is 1.16 bits per heavy atom. The first kappa shape index (κ1) is 18.0. The van der Waals surface area contributed by atoms with Gasteiger partial charge in [-0.2, -0.15) is 5.10 Å². The van der Waals surface area contributed by atoms with E-state index in [1.807, 2.05) is 0 Å². The maximum Gasteiger partial charge on any atom is 0.251 e. The van der Waals surface area contributed by atoms with E-state index in [1.54, 1.807) is 49.6 Å². The van der Waals surface area contributed by atoms with E-state index in [2.05, 4.69) is 15.8 Å². The second kappa shape index (κ2) is 9.07. The standard InChI is InChI=1S/C18H19N3O4/c1-25-15-8-6-13(7-9-15)18(24)19-11-10-17(23)21-20-12-14-4-2-3-5-16(14)22/h2-9,12,22H,10-11H2,1H3,(H,19,24)(H,21,23). The van der Waals surface area contributed by atoms with E-state index >= 15 is 0 Å². The van der Waals surface area contributed by atoms with Crippen molar-refractivity contribution < 1.29 is 19.4 Å². The molecule has 0 atom stereocenters. The van der Waals surface area contributed by atoms with Gasteiger partial charge < -0.3 is 15.2 Å². The molecule has 2 amide bonds. The van der Waals surface area contributed by atoms with Crippen LogP contribution in [0, 0.1) is 0 Å². The number of carbonyl (C=O) groups excluding carboxylic acids is 2. The first-order valence-corrected chi connectivity index (χ1v) is 7.62. The summed E-state index contributed by atoms with van der Waals surface area (Å²) in [5.41, 5.74) is 3.32. The molecule has 0 aliphatic carbocycles. The molecule has 2 aromatic carbocycles. The Morgan fingerprint density at radius 2 is 1.88 bits per heavy atom. The summed E-state index contributed by atoms with van der Waals surface area (Å²) in [5.74, 6) is 0.125. The lowest BCUT2D eigenvalue weighted by Crippen LogP contribution is -2.29. The van der Waals surface area contributed by atoms with Crippen molar-refractivity contribution in [3.8, 4) is 11.5 Å². The highest BCUT2D eigenvalue weighted by molar-refractivity contribution is 5.94. The van der Waals surface area contributed by atoms with E-state index in [1.165, 1.54) is 12.3 Å². The molecular weight excluding hydrogens is 322 g/mol. The summed E-state index contributed by atoms with van der Waals surface area (Å²) >= 11 is 0. The third kappa shape index (κ3) is 5.65. The number of hydrogen-bond donors (Lipinski definition) is 3. The largest absolute Gasteiger partial charge is 0.507 e. The molecule has 0 spiro atoms. The van der Waals surface area contributed by atoms with Crippen LogP contribution in [0.15, 0.2) is 53.6 Å². The van der Waals surface area contributed by atoms with Crippen LogP contribution in [0.3, 0.4) is 0 Å². The monoisotopic (exact) mass is 341 g/mol. The Kier molecular flexibility index (Phi) is 6.53. The van der Waals surface area contributed by atoms with Crippen LogP contribution in [0.5, 0.6) is 11.5 Å². The fraction of sp³-hybridized carbons (Fsp3) is 0.167. The van der Waals surface area contributed by atoms with Gasteiger partial charge in [0.2, 0.25) is 5.91 Å². The lowest BCUT2D eigenvalue weighted by molar-refractivity contribution is -0.120. The average molecular weight is 341 g/mol. The van der Waals surface area contributed by atoms with Crippen LogP contribution in [0.1, 0.15) is 22.3 Å². The van der Waals surface area contributed by atoms with E-state index in [0.717, 1.165) is 0 Å². The third-order valence-electron chi connectivity index (χ3n) is 3.32. The molecule has 7 nitrogen and oxygen atoms in total. The van der Waals surface area contributed by atoms with Gasteiger partial charge in [0.1, 0.15) is 11.5 Å². The molecule has 0 aromatic heterocycles. The quantitative estimate of drug-likeness (QED) is 0.527. The zero-order chi connectivity index (χ0) is 18.1. The number of carbonyl (C=O) groups is 2. The molecule has 3 N–H and O–H groups in total. The van der Waals surface area contributed by atoms with Crippen LogP contribution < -0.4 is 15.5 Å². The normalized spacial score (nSPS) is 10.4. The molecule has 0 heterocycles. The Bertz CT molecular complexity index is 757. The minimum atomic E-state index is -0.346. The van der Waals surface area contributed by atoms with Gasteiger partial charge in [0.25, 0.3) is 5.91 Å². The fourth-order valence-electron chi connectivity index (χ4n) is 1.96. The SMILES string of the molecule is COc1ccc(C(=O)NCCC(=O)NN=Cc2ccccc2O)cc1. The van der Waals surface area contributed by atoms with Crippen molar-refractivity contribution in [1.29, 1.82) is 0 Å². The number of phenolic OH excluding ortho intramolecular Hbond substituents is 1. The van der Waals surface area contributed by atoms with Crippen LogP contribution in [0.4, 0.5) is 0 Å². The van der Waals surface area contributed by atoms with Crippen molar-refractivity contribution in [2.45, 2.75) is 6.42 Å². The smallest absolute Gasteiger partial charge is 0.251 e. The predicted octanol–water partition coefficient (Wildman–Crippen LogP) is 1.67. The van der Waals surface area contributed by atoms with Gasteiger partial charge in [-0.25, -0.2) is 5.43 Å². The molecule has 0 radical (unpaired) electrons. The minimum absolute atomic E-state index is 0.0762. The van der Waals surface area contributed by atoms with Gasteiger partial charge in [0.05, 0.1) is 13.3 Å². The molecule has 0 fully saturated rings. The number of nitrogens with zero attached hydrogens (tertiary/aromatic N) is 1. The van der Waals surface area contributed by atoms with Crippen LogP contribution in [-0.4, -0.2) is 36.8 Å². The van der Waals surface area contributed by atoms with Crippen molar-refractivity contribution in [2.75, 3.05) is 13.7 Å². The van der Waals surface area contributed by atoms with E-state index in [4.69, 9.17) is 4.74 Å². The summed E-state index contributed by atoms with van der Waals surface area (Å²) < 4.78 is 5.02. The number of rotatable bonds is 7. The first-order valence-electron chi connectivity index (χ1n) is 7.62. The van der Waals surface area contributed by atoms with Gasteiger partial charge in [0.15, 0.2) is 0 Å². The Labute approximate surface area is 145 Å². The molecule has 0 bridgehead atoms. The average Bonchev–Trinajstić information content (AvgIpc) is 2.63. The Hall–Kier alpha value is -3.35. The molecule has 2 aromatic rings. The number of hydrazone groups is 1. The zero-order valence-electron chi connectivity index (χ0n) is 13.7. The summed E-state index contributed by atoms with van der Waals surface area (Å²) in [6.45, 7) is 0.183. The summed E-state index contributed by atoms with van der Waals surface area (Å²) in [4.78, 5) is 23.6. The summed E-state index contributed by atoms with van der Waals surface area (Å²) in [6.07, 6.45) is 1.43. The lowest BCUT2D eigenvalue weighted by atomic mass is 10.2. The zero-order valence-corrected chi connectivity index (χ0v) is 13.7. The molecule has 7 heteroatoms. The van der Waals surface area contributed by atoms with Gasteiger partial charge in [-0.1, -0.05) is 12.1 Å². The first-order chi connectivity index (χ1) is 12.1. The maximum absolute atomic E-state index is 11.9. The second-order valence-corrected chi connectivity index (χ2v) is 5.09. The highest BCUT2D eigenvalue weighted by Gasteiger charge is 2.06. The number of para-hydroxylation sites is 1. The molecule has 0 aliphatic heterocycles. The van der Waals surface area contributed by atoms with Gasteiger partial charge in [-0.3, -0.25) is 9.59 Å². The van der Waals surface area contributed by atoms with E-state index in [9.17, 15) is 14.7 Å². The fourth-order valence-corrected chi connectivity index (χ4v) is 1.96. The van der Waals surface area contributed by atoms with Gasteiger partial charge in [0, 0.05) is 24.1 Å². The van der Waals surface area contributed by atoms with Crippen molar-refractivity contribution in [3.05, 3.63) is 59.7 Å². The second-order valence-electron chi connectivity index (χ2n) is 5.09. The number of phenols is 1. The van der Waals surface area contributed by atoms with Crippen LogP contribution in [0.2, 0.25) is 0 Å². The molecule has 0 saturated carbocycles. The number of methoxy groups -OCH3 is 1. The number of nitrogens with one attached hydrogen (secondary N) is 2. The molecule has 25 heavy (non-hydrogen) atoms. The molecular formula is C18H19N3O4. The molecule has 0 aliphatic rings. The van der Waals surface area contributed by atoms with Crippen molar-refractivity contribution in [2.24, 2.45) is 5.10 Å². The highest BCUT2D eigenvalue weighted by atomic mass is 16.5. The van der Waals surface area contributed by atoms with Crippen LogP contribution in [0.25, 0.3) is 0 Å². The Morgan fingerprint density at radius 3 is 2.56 bits per heavy atom. The summed E-state index contributed by atoms with van der Waals surface area (Å²) in [5, 5.41) is 16.0. The van der Waals surface area contributed by atoms with Crippen molar-refractivity contribution >= 4 is 18.0 Å². The number of aromatic hydroxyl groups is 1. The molecule has 130 valence electrons. The van der Waals surface area contributed by atoms with Gasteiger partial charge >= 0.3 is 0 Å². The minimum Gasteiger partial charge on any atom is -0.507 e. The molecule has 2 rings (SSSR count). The summed E-state index contributed by atoms with van der Waals surface area (Å²) in [6, 6.07) is 13.3. The van der Waals surface area contributed by atoms with E-state index < -0.39 is 0 Å². The lowest BCUT2D eigenvalue weighted by Gasteiger charge is -2.05. The number of hydrogen-bond acceptors (Lipinski definition) is 5. The van der Waals surface area contributed by atoms with E-state index in [-0.39, 0.29) is 30.5 Å². The van der Waals surface area contributed by atoms with Crippen molar-refractivity contribution in [1.82, 2.24) is 10.7 Å². The number of benzene rings is 2. The maximum atomic E-state index is 11.9. The molecule has 0 saturated heterocycles. The highest BCUT2D eigenvalue weighted by Crippen LogP contribution is 2.12. The number of amides is 2. The molecule has 0 unspecified atom stereocenters. The van der Waals surface area contributed by atoms with Gasteiger partial charge in [-0.15, -0.1) is 0 Å². The third-order valence-corrected chi connectivity index (χ3v) is 3.32. The van der Waals surface area contributed by atoms with Crippen LogP contribution >= 0.6 is 0 Å². The topological polar surface area (TPSA) is 100 Å². The van der Waals surface area contributed by atoms with E-state index in [0.29, 0.717) is 16.9 Å². The predicted molar refractivity (Wildman–Crippen MR) is 93.8 cm³/mol. The van der Waals surface area contributed by atoms with Crippen molar-refractivity contribution in [3.63, 3.8) is 0 Å².